The molecule has 23 heavy (non-hydrogen) atoms. The summed E-state index contributed by atoms with van der Waals surface area (Å²) >= 11 is 7.03. The Kier molecular flexibility index (Phi) is 6.84. The van der Waals surface area contributed by atoms with Crippen LogP contribution in [0.5, 0.6) is 0 Å². The predicted molar refractivity (Wildman–Crippen MR) is 101 cm³/mol. The van der Waals surface area contributed by atoms with Crippen LogP contribution in [0.3, 0.4) is 0 Å². The summed E-state index contributed by atoms with van der Waals surface area (Å²) in [5.41, 5.74) is 1.67. The lowest BCUT2D eigenvalue weighted by Gasteiger charge is -2.19. The van der Waals surface area contributed by atoms with Crippen molar-refractivity contribution in [1.82, 2.24) is 5.32 Å². The van der Waals surface area contributed by atoms with Crippen LogP contribution in [0.2, 0.25) is 0 Å². The molecule has 0 atom stereocenters. The van der Waals surface area contributed by atoms with E-state index in [1.807, 2.05) is 13.8 Å². The fourth-order valence-corrected chi connectivity index (χ4v) is 4.63. The van der Waals surface area contributed by atoms with Gasteiger partial charge in [-0.15, -0.1) is 11.3 Å². The van der Waals surface area contributed by atoms with Crippen LogP contribution < -0.4 is 10.6 Å². The van der Waals surface area contributed by atoms with E-state index in [4.69, 9.17) is 17.0 Å². The molecule has 2 N–H and O–H groups in total. The Balaban J connectivity index is 2.09. The van der Waals surface area contributed by atoms with Crippen molar-refractivity contribution < 1.29 is 9.53 Å². The van der Waals surface area contributed by atoms with Gasteiger partial charge >= 0.3 is 5.97 Å². The highest BCUT2D eigenvalue weighted by Crippen LogP contribution is 2.34. The van der Waals surface area contributed by atoms with Gasteiger partial charge < -0.3 is 15.4 Å². The Labute approximate surface area is 148 Å². The van der Waals surface area contributed by atoms with Gasteiger partial charge in [-0.25, -0.2) is 4.79 Å². The molecule has 1 aromatic heterocycles. The van der Waals surface area contributed by atoms with E-state index < -0.39 is 0 Å². The first kappa shape index (κ1) is 18.2. The second kappa shape index (κ2) is 8.64. The molecule has 1 aliphatic rings. The van der Waals surface area contributed by atoms with Crippen molar-refractivity contribution >= 4 is 39.6 Å². The van der Waals surface area contributed by atoms with Crippen LogP contribution in [-0.2, 0) is 11.2 Å². The van der Waals surface area contributed by atoms with E-state index in [0.717, 1.165) is 34.7 Å². The van der Waals surface area contributed by atoms with E-state index in [0.29, 0.717) is 16.7 Å². The maximum atomic E-state index is 12.1. The first-order valence-electron chi connectivity index (χ1n) is 8.34. The molecule has 0 aliphatic heterocycles. The standard InChI is InChI=1S/C17H26N2O2S2/c1-4-13-11(2)23-15(14(13)16(20)21-3)19-17(22)18-12-9-7-5-6-8-10-12/h12H,4-10H2,1-3H3,(H2,18,19,22). The van der Waals surface area contributed by atoms with Gasteiger partial charge in [0.05, 0.1) is 12.7 Å². The molecule has 2 rings (SSSR count). The minimum Gasteiger partial charge on any atom is -0.465 e. The molecule has 6 heteroatoms. The topological polar surface area (TPSA) is 50.4 Å². The number of anilines is 1. The number of ether oxygens (including phenoxy) is 1. The first-order chi connectivity index (χ1) is 11.1. The molecule has 0 radical (unpaired) electrons. The largest absolute Gasteiger partial charge is 0.465 e. The molecule has 1 aromatic rings. The van der Waals surface area contributed by atoms with Crippen molar-refractivity contribution in [3.63, 3.8) is 0 Å². The van der Waals surface area contributed by atoms with Gasteiger partial charge in [0.1, 0.15) is 5.00 Å². The molecule has 0 aromatic carbocycles. The van der Waals surface area contributed by atoms with Crippen molar-refractivity contribution in [3.05, 3.63) is 16.0 Å². The number of rotatable bonds is 4. The predicted octanol–water partition coefficient (Wildman–Crippen LogP) is 4.41. The number of esters is 1. The fourth-order valence-electron chi connectivity index (χ4n) is 3.16. The van der Waals surface area contributed by atoms with Gasteiger partial charge in [0.15, 0.2) is 5.11 Å². The minimum absolute atomic E-state index is 0.300. The maximum Gasteiger partial charge on any atom is 0.341 e. The van der Waals surface area contributed by atoms with Gasteiger partial charge in [0.25, 0.3) is 0 Å². The van der Waals surface area contributed by atoms with Gasteiger partial charge in [-0.1, -0.05) is 32.6 Å². The summed E-state index contributed by atoms with van der Waals surface area (Å²) in [5.74, 6) is -0.300. The summed E-state index contributed by atoms with van der Waals surface area (Å²) in [5, 5.41) is 8.03. The summed E-state index contributed by atoms with van der Waals surface area (Å²) in [6, 6.07) is 0.436. The molecule has 0 bridgehead atoms. The summed E-state index contributed by atoms with van der Waals surface area (Å²) in [6.45, 7) is 4.08. The number of methoxy groups -OCH3 is 1. The van der Waals surface area contributed by atoms with E-state index >= 15 is 0 Å². The zero-order valence-electron chi connectivity index (χ0n) is 14.2. The molecule has 0 saturated heterocycles. The highest BCUT2D eigenvalue weighted by atomic mass is 32.1. The van der Waals surface area contributed by atoms with Crippen molar-refractivity contribution in [2.45, 2.75) is 64.8 Å². The van der Waals surface area contributed by atoms with Crippen molar-refractivity contribution in [1.29, 1.82) is 0 Å². The van der Waals surface area contributed by atoms with Crippen LogP contribution in [0.15, 0.2) is 0 Å². The number of hydrogen-bond acceptors (Lipinski definition) is 4. The molecule has 4 nitrogen and oxygen atoms in total. The average molecular weight is 355 g/mol. The summed E-state index contributed by atoms with van der Waals surface area (Å²) in [7, 11) is 1.42. The van der Waals surface area contributed by atoms with E-state index in [-0.39, 0.29) is 5.97 Å². The molecule has 128 valence electrons. The second-order valence-electron chi connectivity index (χ2n) is 5.97. The maximum absolute atomic E-state index is 12.1. The van der Waals surface area contributed by atoms with Crippen molar-refractivity contribution in [3.8, 4) is 0 Å². The van der Waals surface area contributed by atoms with Crippen LogP contribution in [0, 0.1) is 6.92 Å². The number of carbonyl (C=O) groups is 1. The average Bonchev–Trinajstić information content (AvgIpc) is 2.68. The molecule has 0 amide bonds. The smallest absolute Gasteiger partial charge is 0.341 e. The molecular weight excluding hydrogens is 328 g/mol. The fraction of sp³-hybridized carbons (Fsp3) is 0.647. The van der Waals surface area contributed by atoms with Crippen LogP contribution in [0.1, 0.15) is 66.2 Å². The zero-order chi connectivity index (χ0) is 16.8. The van der Waals surface area contributed by atoms with Gasteiger partial charge in [0, 0.05) is 10.9 Å². The second-order valence-corrected chi connectivity index (χ2v) is 7.61. The minimum atomic E-state index is -0.300. The molecular formula is C17H26N2O2S2. The highest BCUT2D eigenvalue weighted by Gasteiger charge is 2.23. The van der Waals surface area contributed by atoms with Gasteiger partial charge in [-0.2, -0.15) is 0 Å². The quantitative estimate of drug-likeness (QED) is 0.476. The summed E-state index contributed by atoms with van der Waals surface area (Å²) in [4.78, 5) is 13.3. The molecule has 0 spiro atoms. The van der Waals surface area contributed by atoms with Gasteiger partial charge in [0.2, 0.25) is 0 Å². The highest BCUT2D eigenvalue weighted by molar-refractivity contribution is 7.80. The van der Waals surface area contributed by atoms with E-state index in [1.54, 1.807) is 11.3 Å². The lowest BCUT2D eigenvalue weighted by molar-refractivity contribution is 0.0601. The first-order valence-corrected chi connectivity index (χ1v) is 9.57. The third-order valence-electron chi connectivity index (χ3n) is 4.37. The third kappa shape index (κ3) is 4.67. The summed E-state index contributed by atoms with van der Waals surface area (Å²) in [6.07, 6.45) is 8.27. The Bertz CT molecular complexity index is 561. The number of carbonyl (C=O) groups excluding carboxylic acids is 1. The van der Waals surface area contributed by atoms with Crippen molar-refractivity contribution in [2.75, 3.05) is 12.4 Å². The molecule has 1 heterocycles. The van der Waals surface area contributed by atoms with Crippen molar-refractivity contribution in [2.24, 2.45) is 0 Å². The molecule has 0 unspecified atom stereocenters. The van der Waals surface area contributed by atoms with E-state index in [9.17, 15) is 4.79 Å². The van der Waals surface area contributed by atoms with Crippen LogP contribution in [0.4, 0.5) is 5.00 Å². The van der Waals surface area contributed by atoms with Gasteiger partial charge in [-0.05, 0) is 44.0 Å². The monoisotopic (exact) mass is 354 g/mol. The molecule has 1 fully saturated rings. The number of aryl methyl sites for hydroxylation is 1. The Hall–Kier alpha value is -1.14. The lowest BCUT2D eigenvalue weighted by atomic mass is 10.1. The number of nitrogens with one attached hydrogen (secondary N) is 2. The third-order valence-corrected chi connectivity index (χ3v) is 5.65. The Morgan fingerprint density at radius 2 is 1.96 bits per heavy atom. The van der Waals surface area contributed by atoms with Crippen LogP contribution >= 0.6 is 23.6 Å². The number of hydrogen-bond donors (Lipinski definition) is 2. The van der Waals surface area contributed by atoms with Crippen LogP contribution in [0.25, 0.3) is 0 Å². The SMILES string of the molecule is CCc1c(C)sc(NC(=S)NC2CCCCCC2)c1C(=O)OC. The molecule has 1 saturated carbocycles. The Morgan fingerprint density at radius 3 is 2.52 bits per heavy atom. The summed E-state index contributed by atoms with van der Waals surface area (Å²) < 4.78 is 4.94. The van der Waals surface area contributed by atoms with Crippen LogP contribution in [-0.4, -0.2) is 24.2 Å². The number of thiocarbonyl (C=S) groups is 1. The van der Waals surface area contributed by atoms with E-state index in [2.05, 4.69) is 10.6 Å². The normalized spacial score (nSPS) is 15.8. The zero-order valence-corrected chi connectivity index (χ0v) is 15.8. The van der Waals surface area contributed by atoms with Gasteiger partial charge in [-0.3, -0.25) is 0 Å². The Morgan fingerprint density at radius 1 is 1.30 bits per heavy atom. The van der Waals surface area contributed by atoms with E-state index in [1.165, 1.54) is 32.8 Å². The molecule has 1 aliphatic carbocycles. The lowest BCUT2D eigenvalue weighted by Crippen LogP contribution is -2.37. The number of thiophene rings is 1.